The number of nitrogens with one attached hydrogen (secondary N) is 1. The summed E-state index contributed by atoms with van der Waals surface area (Å²) in [5.41, 5.74) is 18.4. The van der Waals surface area contributed by atoms with Crippen LogP contribution in [0.15, 0.2) is 91.0 Å². The summed E-state index contributed by atoms with van der Waals surface area (Å²) in [4.78, 5) is 12.4. The van der Waals surface area contributed by atoms with Gasteiger partial charge in [0, 0.05) is 11.5 Å². The van der Waals surface area contributed by atoms with Crippen molar-refractivity contribution >= 4 is 12.1 Å². The Morgan fingerprint density at radius 3 is 1.72 bits per heavy atom. The summed E-state index contributed by atoms with van der Waals surface area (Å²) in [5, 5.41) is 0. The maximum absolute atomic E-state index is 12.4. The number of benzene rings is 4. The number of amides is 1. The number of halogens is 2. The Hall–Kier alpha value is -1.97. The standard InChI is InChI=1S/C26H27NO.C7H7Si.2ClH.Zr/c1-15(2)17-13-14-22(23(16(3)4)25(17)26(27)28)24-20-11-7-5-9-18(20)19-10-6-8-12-21(19)24;8-6-7-4-2-1-3-5-7;;;/h5-16,24H,1-4H3,(H2,27,28);1-5H,6H2;2*1H;/q;;;;+2/p-3. The van der Waals surface area contributed by atoms with Crippen molar-refractivity contribution in [3.63, 3.8) is 0 Å². The summed E-state index contributed by atoms with van der Waals surface area (Å²) in [6.07, 6.45) is 1.13. The van der Waals surface area contributed by atoms with E-state index in [0.717, 1.165) is 22.8 Å². The van der Waals surface area contributed by atoms with Crippen molar-refractivity contribution in [1.29, 1.82) is 0 Å². The zero-order valence-electron chi connectivity index (χ0n) is 22.8. The Labute approximate surface area is 261 Å². The van der Waals surface area contributed by atoms with Crippen molar-refractivity contribution in [2.75, 3.05) is 0 Å². The molecule has 0 fully saturated rings. The van der Waals surface area contributed by atoms with E-state index in [1.165, 1.54) is 33.9 Å². The molecule has 0 heterocycles. The van der Waals surface area contributed by atoms with Crippen LogP contribution in [-0.2, 0) is 29.4 Å². The molecule has 1 radical (unpaired) electrons. The second kappa shape index (κ2) is 15.1. The molecule has 39 heavy (non-hydrogen) atoms. The predicted octanol–water partition coefficient (Wildman–Crippen LogP) is 2.65. The van der Waals surface area contributed by atoms with Crippen LogP contribution in [0.25, 0.3) is 16.9 Å². The Bertz CT molecular complexity index is 1380. The Morgan fingerprint density at radius 2 is 1.26 bits per heavy atom. The van der Waals surface area contributed by atoms with Gasteiger partial charge in [0.1, 0.15) is 0 Å². The summed E-state index contributed by atoms with van der Waals surface area (Å²) in [5.74, 6) is -0.102. The Morgan fingerprint density at radius 1 is 0.744 bits per heavy atom. The fraction of sp³-hybridized carbons (Fsp3) is 0.242. The van der Waals surface area contributed by atoms with Crippen molar-refractivity contribution in [3.05, 3.63) is 136 Å². The van der Waals surface area contributed by atoms with Gasteiger partial charge in [-0.1, -0.05) is 88.4 Å². The quantitative estimate of drug-likeness (QED) is 0.261. The number of carbonyl (C=O) groups is 1. The zero-order valence-corrected chi connectivity index (χ0v) is 27.7. The second-order valence-corrected chi connectivity index (χ2v) is 13.4. The van der Waals surface area contributed by atoms with Gasteiger partial charge in [0.25, 0.3) is 0 Å². The van der Waals surface area contributed by atoms with Crippen molar-refractivity contribution in [2.45, 2.75) is 51.5 Å². The van der Waals surface area contributed by atoms with Crippen molar-refractivity contribution in [3.8, 4) is 11.1 Å². The molecule has 0 bridgehead atoms. The number of carbonyl (C=O) groups excluding carboxylic acids is 1. The monoisotopic (exact) mass is 647 g/mol. The van der Waals surface area contributed by atoms with Crippen LogP contribution in [0.5, 0.6) is 0 Å². The first-order valence-corrected chi connectivity index (χ1v) is 17.8. The summed E-state index contributed by atoms with van der Waals surface area (Å²) < 4.78 is 0. The van der Waals surface area contributed by atoms with Gasteiger partial charge >= 0.3 is 71.4 Å². The summed E-state index contributed by atoms with van der Waals surface area (Å²) in [7, 11) is 0. The first-order valence-electron chi connectivity index (χ1n) is 12.9. The normalized spacial score (nSPS) is 11.5. The molecule has 0 unspecified atom stereocenters. The summed E-state index contributed by atoms with van der Waals surface area (Å²) >= 11 is 1.66. The number of rotatable bonds is 6. The molecular formula is C33H33Cl2NOSiZr-. The maximum atomic E-state index is 12.4. The van der Waals surface area contributed by atoms with Crippen LogP contribution in [0, 0.1) is 0 Å². The van der Waals surface area contributed by atoms with Crippen molar-refractivity contribution < 1.29 is 52.9 Å². The van der Waals surface area contributed by atoms with Crippen LogP contribution in [-0.4, -0.2) is 12.1 Å². The Kier molecular flexibility index (Phi) is 12.9. The van der Waals surface area contributed by atoms with Crippen LogP contribution >= 0.6 is 0 Å². The molecule has 6 heteroatoms. The van der Waals surface area contributed by atoms with E-state index in [1.807, 2.05) is 0 Å². The predicted molar refractivity (Wildman–Crippen MR) is 152 cm³/mol. The van der Waals surface area contributed by atoms with Gasteiger partial charge in [-0.2, -0.15) is 0 Å². The molecule has 0 aromatic heterocycles. The molecule has 0 atom stereocenters. The molecule has 4 aromatic carbocycles. The van der Waals surface area contributed by atoms with Crippen LogP contribution in [0.1, 0.15) is 89.2 Å². The third-order valence-corrected chi connectivity index (χ3v) is 8.91. The van der Waals surface area contributed by atoms with Crippen LogP contribution in [0.2, 0.25) is 0 Å². The SMILES string of the molecule is CC(C)c1ccc(C2c3ccccc3-c3ccccc32)c(C(C)C)c1C([NH-])=O.[Cl-].[Cl-].[Zr+2]=[Si]Cc1ccccc1. The number of hydrogen-bond acceptors (Lipinski definition) is 1. The molecule has 0 aliphatic heterocycles. The van der Waals surface area contributed by atoms with Gasteiger partial charge in [0.05, 0.1) is 5.91 Å². The van der Waals surface area contributed by atoms with Crippen LogP contribution < -0.4 is 24.8 Å². The van der Waals surface area contributed by atoms with Crippen LogP contribution in [0.3, 0.4) is 0 Å². The van der Waals surface area contributed by atoms with Crippen molar-refractivity contribution in [2.24, 2.45) is 0 Å². The van der Waals surface area contributed by atoms with Crippen LogP contribution in [0.4, 0.5) is 0 Å². The average molecular weight is 650 g/mol. The Balaban J connectivity index is 0.000000416. The van der Waals surface area contributed by atoms with Gasteiger partial charge in [-0.25, -0.2) is 0 Å². The van der Waals surface area contributed by atoms with E-state index in [4.69, 9.17) is 5.73 Å². The van der Waals surface area contributed by atoms with Gasteiger partial charge in [0.2, 0.25) is 0 Å². The first-order chi connectivity index (χ1) is 17.8. The molecule has 0 saturated carbocycles. The minimum atomic E-state index is -0.575. The van der Waals surface area contributed by atoms with Gasteiger partial charge in [-0.15, -0.1) is 0 Å². The van der Waals surface area contributed by atoms with Gasteiger partial charge in [0.15, 0.2) is 0 Å². The zero-order chi connectivity index (χ0) is 26.5. The molecule has 1 amide bonds. The van der Waals surface area contributed by atoms with E-state index >= 15 is 0 Å². The molecular weight excluding hydrogens is 617 g/mol. The summed E-state index contributed by atoms with van der Waals surface area (Å²) in [6, 6.07) is 33.3. The minimum absolute atomic E-state index is 0. The van der Waals surface area contributed by atoms with E-state index < -0.39 is 5.91 Å². The molecule has 4 aromatic rings. The fourth-order valence-electron chi connectivity index (χ4n) is 5.45. The molecule has 0 saturated heterocycles. The van der Waals surface area contributed by atoms with E-state index in [9.17, 15) is 4.79 Å². The van der Waals surface area contributed by atoms with E-state index in [2.05, 4.69) is 119 Å². The third kappa shape index (κ3) is 7.22. The van der Waals surface area contributed by atoms with Gasteiger partial charge < -0.3 is 35.3 Å². The fourth-order valence-corrected chi connectivity index (χ4v) is 7.39. The molecule has 1 aliphatic carbocycles. The summed E-state index contributed by atoms with van der Waals surface area (Å²) in [6.45, 7) is 8.43. The molecule has 0 spiro atoms. The molecule has 1 N–H and O–H groups in total. The van der Waals surface area contributed by atoms with E-state index in [1.54, 1.807) is 23.3 Å². The van der Waals surface area contributed by atoms with E-state index in [-0.39, 0.29) is 42.6 Å². The van der Waals surface area contributed by atoms with E-state index in [0.29, 0.717) is 5.56 Å². The van der Waals surface area contributed by atoms with Crippen molar-refractivity contribution in [1.82, 2.24) is 0 Å². The third-order valence-electron chi connectivity index (χ3n) is 7.02. The van der Waals surface area contributed by atoms with Gasteiger partial charge in [-0.3, -0.25) is 0 Å². The number of hydrogen-bond donors (Lipinski definition) is 0. The van der Waals surface area contributed by atoms with Gasteiger partial charge in [-0.05, 0) is 50.8 Å². The molecule has 199 valence electrons. The average Bonchev–Trinajstić information content (AvgIpc) is 3.23. The first kappa shape index (κ1) is 33.2. The molecule has 5 rings (SSSR count). The topological polar surface area (TPSA) is 40.9 Å². The molecule has 1 aliphatic rings. The molecule has 2 nitrogen and oxygen atoms in total. The number of fused-ring (bicyclic) bond motifs is 3. The second-order valence-electron chi connectivity index (χ2n) is 10.1.